The fourth-order valence-electron chi connectivity index (χ4n) is 8.59. The Hall–Kier alpha value is -6.43. The maximum atomic E-state index is 5.22. The number of fused-ring (bicyclic) bond motifs is 6. The van der Waals surface area contributed by atoms with Crippen LogP contribution in [0.5, 0.6) is 0 Å². The zero-order valence-corrected chi connectivity index (χ0v) is 33.4. The van der Waals surface area contributed by atoms with Crippen molar-refractivity contribution in [2.75, 3.05) is 0 Å². The summed E-state index contributed by atoms with van der Waals surface area (Å²) in [5.74, 6) is 1.96. The van der Waals surface area contributed by atoms with Gasteiger partial charge in [0, 0.05) is 38.6 Å². The van der Waals surface area contributed by atoms with E-state index in [0.717, 1.165) is 27.9 Å². The van der Waals surface area contributed by atoms with Gasteiger partial charge in [-0.25, -0.2) is 15.0 Å². The Kier molecular flexibility index (Phi) is 7.81. The van der Waals surface area contributed by atoms with Crippen molar-refractivity contribution in [2.45, 2.75) is 38.9 Å². The Balaban J connectivity index is 1.11. The molecule has 0 N–H and O–H groups in total. The Morgan fingerprint density at radius 2 is 0.946 bits per heavy atom. The van der Waals surface area contributed by atoms with Gasteiger partial charge in [0.15, 0.2) is 17.5 Å². The second kappa shape index (κ2) is 12.8. The molecule has 2 heterocycles. The van der Waals surface area contributed by atoms with Gasteiger partial charge in [0.2, 0.25) is 0 Å². The maximum Gasteiger partial charge on any atom is 0.164 e. The fourth-order valence-corrected chi connectivity index (χ4v) is 9.76. The van der Waals surface area contributed by atoms with Gasteiger partial charge in [-0.3, -0.25) is 0 Å². The minimum atomic E-state index is -1.48. The van der Waals surface area contributed by atoms with Crippen molar-refractivity contribution < 1.29 is 0 Å². The van der Waals surface area contributed by atoms with E-state index in [1.807, 2.05) is 0 Å². The minimum Gasteiger partial charge on any atom is -0.309 e. The molecule has 0 unspecified atom stereocenters. The van der Waals surface area contributed by atoms with Crippen molar-refractivity contribution in [3.8, 4) is 62.1 Å². The third kappa shape index (κ3) is 5.61. The lowest BCUT2D eigenvalue weighted by molar-refractivity contribution is 0.660. The molecular formula is C51H42N4Si. The quantitative estimate of drug-likeness (QED) is 0.160. The van der Waals surface area contributed by atoms with Crippen LogP contribution in [0, 0.1) is 0 Å². The summed E-state index contributed by atoms with van der Waals surface area (Å²) in [5, 5.41) is 3.87. The van der Waals surface area contributed by atoms with Gasteiger partial charge in [-0.05, 0) is 69.8 Å². The van der Waals surface area contributed by atoms with Crippen LogP contribution in [0.15, 0.2) is 164 Å². The van der Waals surface area contributed by atoms with E-state index in [1.54, 1.807) is 0 Å². The van der Waals surface area contributed by atoms with Crippen LogP contribution in [0.1, 0.15) is 25.0 Å². The van der Waals surface area contributed by atoms with Crippen molar-refractivity contribution in [3.63, 3.8) is 0 Å². The van der Waals surface area contributed by atoms with Crippen LogP contribution in [0.2, 0.25) is 19.6 Å². The van der Waals surface area contributed by atoms with Gasteiger partial charge in [-0.15, -0.1) is 0 Å². The molecule has 0 radical (unpaired) electrons. The van der Waals surface area contributed by atoms with Gasteiger partial charge >= 0.3 is 0 Å². The fraction of sp³-hybridized carbons (Fsp3) is 0.118. The van der Waals surface area contributed by atoms with E-state index in [4.69, 9.17) is 15.0 Å². The molecule has 7 aromatic carbocycles. The van der Waals surface area contributed by atoms with E-state index in [1.165, 1.54) is 54.8 Å². The largest absolute Gasteiger partial charge is 0.309 e. The highest BCUT2D eigenvalue weighted by molar-refractivity contribution is 6.88. The predicted molar refractivity (Wildman–Crippen MR) is 236 cm³/mol. The molecule has 1 aliphatic carbocycles. The molecular weight excluding hydrogens is 697 g/mol. The molecule has 2 aromatic heterocycles. The van der Waals surface area contributed by atoms with Crippen LogP contribution >= 0.6 is 0 Å². The highest BCUT2D eigenvalue weighted by Crippen LogP contribution is 2.49. The first-order valence-corrected chi connectivity index (χ1v) is 22.9. The van der Waals surface area contributed by atoms with Gasteiger partial charge in [-0.2, -0.15) is 0 Å². The third-order valence-corrected chi connectivity index (χ3v) is 13.7. The van der Waals surface area contributed by atoms with E-state index in [0.29, 0.717) is 17.5 Å². The maximum absolute atomic E-state index is 5.22. The van der Waals surface area contributed by atoms with Crippen LogP contribution < -0.4 is 5.19 Å². The number of para-hydroxylation sites is 2. The van der Waals surface area contributed by atoms with Crippen molar-refractivity contribution >= 4 is 35.1 Å². The minimum absolute atomic E-state index is 0.0731. The van der Waals surface area contributed by atoms with Gasteiger partial charge < -0.3 is 4.57 Å². The summed E-state index contributed by atoms with van der Waals surface area (Å²) in [4.78, 5) is 15.6. The average molecular weight is 739 g/mol. The van der Waals surface area contributed by atoms with Gasteiger partial charge in [0.25, 0.3) is 0 Å². The molecule has 10 rings (SSSR count). The molecule has 270 valence electrons. The zero-order valence-electron chi connectivity index (χ0n) is 32.4. The first-order valence-electron chi connectivity index (χ1n) is 19.4. The molecule has 0 fully saturated rings. The van der Waals surface area contributed by atoms with Crippen molar-refractivity contribution in [1.82, 2.24) is 19.5 Å². The summed E-state index contributed by atoms with van der Waals surface area (Å²) in [6.45, 7) is 11.8. The number of hydrogen-bond acceptors (Lipinski definition) is 3. The van der Waals surface area contributed by atoms with E-state index in [2.05, 4.69) is 202 Å². The molecule has 56 heavy (non-hydrogen) atoms. The average Bonchev–Trinajstić information content (AvgIpc) is 3.69. The van der Waals surface area contributed by atoms with Gasteiger partial charge in [-0.1, -0.05) is 166 Å². The first-order chi connectivity index (χ1) is 27.1. The van der Waals surface area contributed by atoms with Crippen molar-refractivity contribution in [2.24, 2.45) is 0 Å². The van der Waals surface area contributed by atoms with Gasteiger partial charge in [0.1, 0.15) is 0 Å². The molecule has 0 atom stereocenters. The van der Waals surface area contributed by atoms with E-state index < -0.39 is 8.07 Å². The standard InChI is InChI=1S/C51H42N4Si/c1-51(2)44-21-9-6-18-40(44)41-29-26-35(32-45(41)51)34-14-12-15-36(30-34)49-52-48(33-24-27-39(28-25-33)56(3,4)5)53-50(54-49)37-16-13-17-38(31-37)55-46-22-10-7-19-42(46)43-20-8-11-23-47(43)55/h6-32H,1-5H3. The lowest BCUT2D eigenvalue weighted by atomic mass is 9.81. The van der Waals surface area contributed by atoms with E-state index >= 15 is 0 Å². The molecule has 4 nitrogen and oxygen atoms in total. The van der Waals surface area contributed by atoms with Crippen molar-refractivity contribution in [3.05, 3.63) is 175 Å². The van der Waals surface area contributed by atoms with Crippen LogP contribution in [0.4, 0.5) is 0 Å². The Bertz CT molecular complexity index is 2930. The van der Waals surface area contributed by atoms with E-state index in [9.17, 15) is 0 Å². The van der Waals surface area contributed by atoms with Crippen LogP contribution in [0.25, 0.3) is 83.9 Å². The topological polar surface area (TPSA) is 43.6 Å². The number of hydrogen-bond donors (Lipinski definition) is 0. The zero-order chi connectivity index (χ0) is 38.2. The van der Waals surface area contributed by atoms with Crippen molar-refractivity contribution in [1.29, 1.82) is 0 Å². The molecule has 0 saturated heterocycles. The molecule has 5 heteroatoms. The van der Waals surface area contributed by atoms with Crippen LogP contribution in [-0.4, -0.2) is 27.6 Å². The summed E-state index contributed by atoms with van der Waals surface area (Å²) in [6, 6.07) is 59.0. The Morgan fingerprint density at radius 3 is 1.62 bits per heavy atom. The smallest absolute Gasteiger partial charge is 0.164 e. The molecule has 9 aromatic rings. The Labute approximate surface area is 329 Å². The summed E-state index contributed by atoms with van der Waals surface area (Å²) in [6.07, 6.45) is 0. The van der Waals surface area contributed by atoms with Crippen LogP contribution in [-0.2, 0) is 5.41 Å². The highest BCUT2D eigenvalue weighted by Gasteiger charge is 2.35. The molecule has 0 spiro atoms. The lowest BCUT2D eigenvalue weighted by Gasteiger charge is -2.22. The molecule has 0 aliphatic heterocycles. The summed E-state index contributed by atoms with van der Waals surface area (Å²) in [7, 11) is -1.48. The SMILES string of the molecule is CC1(C)c2ccccc2-c2ccc(-c3cccc(-c4nc(-c5ccc([Si](C)(C)C)cc5)nc(-c5cccc(-n6c7ccccc7c7ccccc76)c5)n4)c3)cc21. The number of rotatable bonds is 6. The van der Waals surface area contributed by atoms with Gasteiger partial charge in [0.05, 0.1) is 19.1 Å². The van der Waals surface area contributed by atoms with E-state index in [-0.39, 0.29) is 5.41 Å². The molecule has 0 amide bonds. The first kappa shape index (κ1) is 34.1. The number of nitrogens with zero attached hydrogens (tertiary/aromatic N) is 4. The summed E-state index contributed by atoms with van der Waals surface area (Å²) >= 11 is 0. The van der Waals surface area contributed by atoms with Crippen LogP contribution in [0.3, 0.4) is 0 Å². The second-order valence-corrected chi connectivity index (χ2v) is 21.6. The number of aromatic nitrogens is 4. The number of benzene rings is 7. The lowest BCUT2D eigenvalue weighted by Crippen LogP contribution is -2.37. The molecule has 0 saturated carbocycles. The molecule has 1 aliphatic rings. The summed E-state index contributed by atoms with van der Waals surface area (Å²) < 4.78 is 2.34. The summed E-state index contributed by atoms with van der Waals surface area (Å²) in [5.41, 5.74) is 13.9. The second-order valence-electron chi connectivity index (χ2n) is 16.6. The molecule has 0 bridgehead atoms. The normalized spacial score (nSPS) is 13.2. The monoisotopic (exact) mass is 738 g/mol. The highest BCUT2D eigenvalue weighted by atomic mass is 28.3. The predicted octanol–water partition coefficient (Wildman–Crippen LogP) is 12.5. The third-order valence-electron chi connectivity index (χ3n) is 11.6. The Morgan fingerprint density at radius 1 is 0.429 bits per heavy atom.